The lowest BCUT2D eigenvalue weighted by Crippen LogP contribution is -2.52. The van der Waals surface area contributed by atoms with Crippen molar-refractivity contribution in [3.05, 3.63) is 42.0 Å². The van der Waals surface area contributed by atoms with Crippen molar-refractivity contribution in [1.29, 1.82) is 0 Å². The first-order chi connectivity index (χ1) is 12.1. The van der Waals surface area contributed by atoms with Gasteiger partial charge in [0, 0.05) is 12.0 Å². The van der Waals surface area contributed by atoms with Gasteiger partial charge in [-0.2, -0.15) is 0 Å². The molecule has 1 saturated carbocycles. The zero-order valence-electron chi connectivity index (χ0n) is 14.3. The number of amides is 1. The van der Waals surface area contributed by atoms with E-state index in [1.807, 2.05) is 30.3 Å². The van der Waals surface area contributed by atoms with E-state index in [-0.39, 0.29) is 5.91 Å². The summed E-state index contributed by atoms with van der Waals surface area (Å²) in [4.78, 5) is 17.2. The number of aromatic nitrogens is 1. The Morgan fingerprint density at radius 3 is 2.84 bits per heavy atom. The molecule has 0 radical (unpaired) electrons. The molecule has 2 heterocycles. The highest BCUT2D eigenvalue weighted by Gasteiger charge is 2.35. The van der Waals surface area contributed by atoms with Crippen molar-refractivity contribution in [3.8, 4) is 17.0 Å². The summed E-state index contributed by atoms with van der Waals surface area (Å²) in [6.45, 7) is 0.737. The molecule has 130 valence electrons. The first kappa shape index (κ1) is 16.1. The minimum Gasteiger partial charge on any atom is -0.493 e. The number of anilines is 1. The van der Waals surface area contributed by atoms with Gasteiger partial charge in [0.2, 0.25) is 5.91 Å². The fourth-order valence-electron chi connectivity index (χ4n) is 3.66. The van der Waals surface area contributed by atoms with E-state index >= 15 is 0 Å². The molecule has 1 fully saturated rings. The fourth-order valence-corrected chi connectivity index (χ4v) is 3.66. The number of hydrogen-bond donors (Lipinski definition) is 2. The smallest absolute Gasteiger partial charge is 0.245 e. The molecule has 0 unspecified atom stereocenters. The second-order valence-electron chi connectivity index (χ2n) is 7.00. The Morgan fingerprint density at radius 2 is 2.00 bits per heavy atom. The lowest BCUT2D eigenvalue weighted by molar-refractivity contribution is -0.122. The number of carbonyl (C=O) groups excluding carboxylic acids is 1. The number of rotatable bonds is 3. The highest BCUT2D eigenvalue weighted by atomic mass is 16.5. The zero-order valence-corrected chi connectivity index (χ0v) is 14.3. The molecule has 5 heteroatoms. The van der Waals surface area contributed by atoms with E-state index < -0.39 is 5.54 Å². The van der Waals surface area contributed by atoms with Crippen LogP contribution in [0.25, 0.3) is 11.3 Å². The number of nitrogens with one attached hydrogen (secondary N) is 1. The number of ether oxygens (including phenoxy) is 1. The molecule has 0 bridgehead atoms. The van der Waals surface area contributed by atoms with Crippen molar-refractivity contribution in [2.24, 2.45) is 5.73 Å². The van der Waals surface area contributed by atoms with Gasteiger partial charge in [0.05, 0.1) is 17.8 Å². The summed E-state index contributed by atoms with van der Waals surface area (Å²) in [5, 5.41) is 2.91. The van der Waals surface area contributed by atoms with Crippen LogP contribution in [0.4, 0.5) is 5.82 Å². The van der Waals surface area contributed by atoms with Gasteiger partial charge in [-0.3, -0.25) is 4.79 Å². The van der Waals surface area contributed by atoms with Crippen LogP contribution in [0.5, 0.6) is 5.75 Å². The Hall–Kier alpha value is -2.40. The Morgan fingerprint density at radius 1 is 1.16 bits per heavy atom. The molecule has 3 N–H and O–H groups in total. The van der Waals surface area contributed by atoms with Crippen LogP contribution in [0.3, 0.4) is 0 Å². The molecule has 5 nitrogen and oxygen atoms in total. The van der Waals surface area contributed by atoms with E-state index in [1.165, 1.54) is 5.56 Å². The molecule has 1 amide bonds. The Balaban J connectivity index is 1.54. The number of pyridine rings is 1. The highest BCUT2D eigenvalue weighted by molar-refractivity contribution is 5.97. The number of carbonyl (C=O) groups is 1. The predicted molar refractivity (Wildman–Crippen MR) is 97.5 cm³/mol. The van der Waals surface area contributed by atoms with E-state index in [2.05, 4.69) is 16.4 Å². The average Bonchev–Trinajstić information content (AvgIpc) is 3.10. The highest BCUT2D eigenvalue weighted by Crippen LogP contribution is 2.31. The summed E-state index contributed by atoms with van der Waals surface area (Å²) in [7, 11) is 0. The summed E-state index contributed by atoms with van der Waals surface area (Å²) >= 11 is 0. The molecule has 0 saturated heterocycles. The van der Waals surface area contributed by atoms with Gasteiger partial charge in [-0.25, -0.2) is 4.98 Å². The molecular formula is C20H23N3O2. The van der Waals surface area contributed by atoms with Gasteiger partial charge in [-0.1, -0.05) is 25.3 Å². The molecule has 2 aliphatic rings. The summed E-state index contributed by atoms with van der Waals surface area (Å²) < 4.78 is 5.55. The molecule has 1 aromatic heterocycles. The van der Waals surface area contributed by atoms with Gasteiger partial charge >= 0.3 is 0 Å². The van der Waals surface area contributed by atoms with Gasteiger partial charge in [-0.15, -0.1) is 0 Å². The molecule has 4 rings (SSSR count). The van der Waals surface area contributed by atoms with Crippen LogP contribution in [-0.2, 0) is 11.2 Å². The topological polar surface area (TPSA) is 77.2 Å². The SMILES string of the molecule is NC1(C(=O)Nc2cccc(-c3ccc4c(c3)CCO4)n2)CCCCC1. The number of nitrogens with two attached hydrogens (primary N) is 1. The quantitative estimate of drug-likeness (QED) is 0.901. The van der Waals surface area contributed by atoms with Gasteiger partial charge in [0.15, 0.2) is 0 Å². The third kappa shape index (κ3) is 3.24. The molecule has 25 heavy (non-hydrogen) atoms. The average molecular weight is 337 g/mol. The summed E-state index contributed by atoms with van der Waals surface area (Å²) in [5.74, 6) is 1.38. The van der Waals surface area contributed by atoms with Crippen molar-refractivity contribution in [1.82, 2.24) is 4.98 Å². The maximum Gasteiger partial charge on any atom is 0.245 e. The third-order valence-corrected chi connectivity index (χ3v) is 5.17. The number of benzene rings is 1. The van der Waals surface area contributed by atoms with Crippen LogP contribution >= 0.6 is 0 Å². The van der Waals surface area contributed by atoms with Crippen molar-refractivity contribution in [3.63, 3.8) is 0 Å². The van der Waals surface area contributed by atoms with E-state index in [0.29, 0.717) is 5.82 Å². The normalized spacial score (nSPS) is 18.3. The maximum atomic E-state index is 12.6. The zero-order chi connectivity index (χ0) is 17.3. The Kier molecular flexibility index (Phi) is 4.17. The second-order valence-corrected chi connectivity index (χ2v) is 7.00. The van der Waals surface area contributed by atoms with Crippen LogP contribution in [0.2, 0.25) is 0 Å². The van der Waals surface area contributed by atoms with Crippen LogP contribution < -0.4 is 15.8 Å². The fraction of sp³-hybridized carbons (Fsp3) is 0.400. The van der Waals surface area contributed by atoms with E-state index in [0.717, 1.165) is 62.1 Å². The van der Waals surface area contributed by atoms with Crippen LogP contribution in [-0.4, -0.2) is 23.0 Å². The Labute approximate surface area is 147 Å². The van der Waals surface area contributed by atoms with Gasteiger partial charge < -0.3 is 15.8 Å². The molecule has 1 aliphatic carbocycles. The number of hydrogen-bond acceptors (Lipinski definition) is 4. The molecule has 0 spiro atoms. The monoisotopic (exact) mass is 337 g/mol. The largest absolute Gasteiger partial charge is 0.493 e. The van der Waals surface area contributed by atoms with E-state index in [9.17, 15) is 4.79 Å². The van der Waals surface area contributed by atoms with Crippen LogP contribution in [0.15, 0.2) is 36.4 Å². The lowest BCUT2D eigenvalue weighted by atomic mass is 9.82. The van der Waals surface area contributed by atoms with Crippen molar-refractivity contribution in [2.75, 3.05) is 11.9 Å². The van der Waals surface area contributed by atoms with Gasteiger partial charge in [0.1, 0.15) is 11.6 Å². The summed E-state index contributed by atoms with van der Waals surface area (Å²) in [6.07, 6.45) is 5.58. The lowest BCUT2D eigenvalue weighted by Gasteiger charge is -2.31. The molecular weight excluding hydrogens is 314 g/mol. The molecule has 1 aliphatic heterocycles. The van der Waals surface area contributed by atoms with Gasteiger partial charge in [-0.05, 0) is 48.7 Å². The van der Waals surface area contributed by atoms with Crippen LogP contribution in [0, 0.1) is 0 Å². The molecule has 1 aromatic carbocycles. The van der Waals surface area contributed by atoms with Crippen molar-refractivity contribution in [2.45, 2.75) is 44.1 Å². The first-order valence-corrected chi connectivity index (χ1v) is 8.98. The Bertz CT molecular complexity index is 797. The maximum absolute atomic E-state index is 12.6. The third-order valence-electron chi connectivity index (χ3n) is 5.17. The standard InChI is InChI=1S/C20H23N3O2/c21-20(10-2-1-3-11-20)19(24)23-18-6-4-5-16(22-18)14-7-8-17-15(13-14)9-12-25-17/h4-8,13H,1-3,9-12,21H2,(H,22,23,24). The van der Waals surface area contributed by atoms with Gasteiger partial charge in [0.25, 0.3) is 0 Å². The molecule has 0 atom stereocenters. The van der Waals surface area contributed by atoms with Crippen LogP contribution in [0.1, 0.15) is 37.7 Å². The molecule has 2 aromatic rings. The van der Waals surface area contributed by atoms with Crippen molar-refractivity contribution < 1.29 is 9.53 Å². The minimum absolute atomic E-state index is 0.126. The van der Waals surface area contributed by atoms with Crippen molar-refractivity contribution >= 4 is 11.7 Å². The summed E-state index contributed by atoms with van der Waals surface area (Å²) in [6, 6.07) is 11.8. The second kappa shape index (κ2) is 6.48. The first-order valence-electron chi connectivity index (χ1n) is 8.98. The van der Waals surface area contributed by atoms with E-state index in [4.69, 9.17) is 10.5 Å². The summed E-state index contributed by atoms with van der Waals surface area (Å²) in [5.41, 5.74) is 8.61. The minimum atomic E-state index is -0.763. The predicted octanol–water partition coefficient (Wildman–Crippen LogP) is 3.28. The van der Waals surface area contributed by atoms with E-state index in [1.54, 1.807) is 0 Å². The number of fused-ring (bicyclic) bond motifs is 1. The number of nitrogens with zero attached hydrogens (tertiary/aromatic N) is 1.